The van der Waals surface area contributed by atoms with Crippen LogP contribution in [0.1, 0.15) is 65.7 Å². The van der Waals surface area contributed by atoms with E-state index in [0.29, 0.717) is 31.9 Å². The van der Waals surface area contributed by atoms with Crippen LogP contribution in [0.25, 0.3) is 0 Å². The number of carbonyl (C=O) groups excluding carboxylic acids is 1. The molecule has 8 heteroatoms. The monoisotopic (exact) mass is 430 g/mol. The van der Waals surface area contributed by atoms with Gasteiger partial charge in [-0.3, -0.25) is 4.79 Å². The first-order valence-electron chi connectivity index (χ1n) is 11.2. The Hall–Kier alpha value is -0.700. The predicted octanol–water partition coefficient (Wildman–Crippen LogP) is 1.88. The van der Waals surface area contributed by atoms with Crippen LogP contribution >= 0.6 is 0 Å². The summed E-state index contributed by atoms with van der Waals surface area (Å²) in [6.07, 6.45) is 4.63. The summed E-state index contributed by atoms with van der Waals surface area (Å²) in [6, 6.07) is -0.0742. The van der Waals surface area contributed by atoms with Gasteiger partial charge in [0, 0.05) is 12.5 Å². The van der Waals surface area contributed by atoms with Crippen LogP contribution in [-0.4, -0.2) is 60.4 Å². The third-order valence-electron chi connectivity index (χ3n) is 7.59. The molecule has 2 aliphatic carbocycles. The summed E-state index contributed by atoms with van der Waals surface area (Å²) in [5.41, 5.74) is 5.34. The summed E-state index contributed by atoms with van der Waals surface area (Å²) in [5.74, 6) is -0.614. The topological polar surface area (TPSA) is 110 Å². The molecule has 1 heterocycles. The van der Waals surface area contributed by atoms with Gasteiger partial charge in [0.25, 0.3) is 0 Å². The molecule has 0 spiro atoms. The van der Waals surface area contributed by atoms with Crippen molar-refractivity contribution in [3.63, 3.8) is 0 Å². The number of primary amides is 1. The highest BCUT2D eigenvalue weighted by Gasteiger charge is 2.48. The standard InChI is InChI=1S/C21H38N2O5S/c1-13-7-8-16(17(24)11-15(3)21(22)25)12-19(13)29(26,27)23-9-10-28-18-6-4-5-14(2)20(18)23/h13-20,24H,4-12H2,1-3H3,(H2,22,25). The maximum absolute atomic E-state index is 13.8. The van der Waals surface area contributed by atoms with Crippen molar-refractivity contribution < 1.29 is 23.1 Å². The van der Waals surface area contributed by atoms with Crippen LogP contribution < -0.4 is 5.73 Å². The van der Waals surface area contributed by atoms with Crippen molar-refractivity contribution in [1.82, 2.24) is 4.31 Å². The van der Waals surface area contributed by atoms with Gasteiger partial charge in [-0.15, -0.1) is 0 Å². The number of nitrogens with zero attached hydrogens (tertiary/aromatic N) is 1. The lowest BCUT2D eigenvalue weighted by molar-refractivity contribution is -0.122. The molecule has 8 atom stereocenters. The maximum atomic E-state index is 13.8. The fraction of sp³-hybridized carbons (Fsp3) is 0.952. The Morgan fingerprint density at radius 2 is 1.93 bits per heavy atom. The fourth-order valence-corrected chi connectivity index (χ4v) is 8.23. The molecule has 1 amide bonds. The number of aliphatic hydroxyl groups excluding tert-OH is 1. The summed E-state index contributed by atoms with van der Waals surface area (Å²) in [4.78, 5) is 11.4. The number of ether oxygens (including phenoxy) is 1. The number of nitrogens with two attached hydrogens (primary N) is 1. The average Bonchev–Trinajstić information content (AvgIpc) is 2.67. The van der Waals surface area contributed by atoms with Crippen molar-refractivity contribution in [2.45, 2.75) is 89.2 Å². The largest absolute Gasteiger partial charge is 0.393 e. The molecule has 1 aliphatic heterocycles. The van der Waals surface area contributed by atoms with Crippen molar-refractivity contribution in [1.29, 1.82) is 0 Å². The zero-order valence-electron chi connectivity index (χ0n) is 18.0. The van der Waals surface area contributed by atoms with E-state index >= 15 is 0 Å². The van der Waals surface area contributed by atoms with Crippen LogP contribution in [0.3, 0.4) is 0 Å². The minimum Gasteiger partial charge on any atom is -0.393 e. The van der Waals surface area contributed by atoms with Gasteiger partial charge in [0.2, 0.25) is 15.9 Å². The van der Waals surface area contributed by atoms with Gasteiger partial charge >= 0.3 is 0 Å². The van der Waals surface area contributed by atoms with Crippen molar-refractivity contribution in [3.8, 4) is 0 Å². The van der Waals surface area contributed by atoms with Crippen LogP contribution in [0, 0.1) is 23.7 Å². The maximum Gasteiger partial charge on any atom is 0.220 e. The van der Waals surface area contributed by atoms with Crippen molar-refractivity contribution >= 4 is 15.9 Å². The molecular formula is C21H38N2O5S. The Balaban J connectivity index is 1.76. The molecule has 3 aliphatic rings. The Morgan fingerprint density at radius 3 is 2.62 bits per heavy atom. The van der Waals surface area contributed by atoms with E-state index in [0.717, 1.165) is 32.1 Å². The molecule has 3 rings (SSSR count). The van der Waals surface area contributed by atoms with E-state index < -0.39 is 33.2 Å². The highest BCUT2D eigenvalue weighted by Crippen LogP contribution is 2.41. The molecule has 3 fully saturated rings. The van der Waals surface area contributed by atoms with Gasteiger partial charge in [-0.2, -0.15) is 4.31 Å². The van der Waals surface area contributed by atoms with E-state index in [1.54, 1.807) is 11.2 Å². The minimum atomic E-state index is -3.50. The number of hydrogen-bond donors (Lipinski definition) is 2. The van der Waals surface area contributed by atoms with E-state index in [9.17, 15) is 18.3 Å². The van der Waals surface area contributed by atoms with E-state index in [4.69, 9.17) is 10.5 Å². The first-order valence-corrected chi connectivity index (χ1v) is 12.7. The molecular weight excluding hydrogens is 392 g/mol. The van der Waals surface area contributed by atoms with Gasteiger partial charge in [0.15, 0.2) is 0 Å². The molecule has 7 nitrogen and oxygen atoms in total. The third-order valence-corrected chi connectivity index (χ3v) is 10.1. The smallest absolute Gasteiger partial charge is 0.220 e. The number of rotatable bonds is 6. The van der Waals surface area contributed by atoms with Gasteiger partial charge < -0.3 is 15.6 Å². The van der Waals surface area contributed by atoms with Crippen LogP contribution in [0.4, 0.5) is 0 Å². The molecule has 0 aromatic heterocycles. The molecule has 0 radical (unpaired) electrons. The van der Waals surface area contributed by atoms with E-state index in [-0.39, 0.29) is 24.0 Å². The highest BCUT2D eigenvalue weighted by atomic mass is 32.2. The summed E-state index contributed by atoms with van der Waals surface area (Å²) >= 11 is 0. The van der Waals surface area contributed by atoms with Crippen LogP contribution in [0.5, 0.6) is 0 Å². The Bertz CT molecular complexity index is 683. The van der Waals surface area contributed by atoms with Crippen LogP contribution in [0.15, 0.2) is 0 Å². The van der Waals surface area contributed by atoms with Gasteiger partial charge in [0.1, 0.15) is 0 Å². The number of sulfonamides is 1. The Kier molecular flexibility index (Phi) is 7.29. The summed E-state index contributed by atoms with van der Waals surface area (Å²) in [5, 5.41) is 10.2. The summed E-state index contributed by atoms with van der Waals surface area (Å²) < 4.78 is 35.2. The first-order chi connectivity index (χ1) is 13.6. The van der Waals surface area contributed by atoms with Crippen molar-refractivity contribution in [3.05, 3.63) is 0 Å². The normalized spacial score (nSPS) is 38.8. The first kappa shape index (κ1) is 23.0. The number of morpholine rings is 1. The van der Waals surface area contributed by atoms with Crippen molar-refractivity contribution in [2.24, 2.45) is 29.4 Å². The SMILES string of the molecule is CC(CC(O)C1CCC(C)C(S(=O)(=O)N2CCOC3CCCC(C)C32)C1)C(N)=O. The number of aliphatic hydroxyl groups is 1. The molecule has 1 saturated heterocycles. The second kappa shape index (κ2) is 9.20. The molecule has 0 aromatic rings. The predicted molar refractivity (Wildman–Crippen MR) is 111 cm³/mol. The third kappa shape index (κ3) is 4.81. The molecule has 2 saturated carbocycles. The van der Waals surface area contributed by atoms with Gasteiger partial charge in [0.05, 0.1) is 30.1 Å². The zero-order valence-corrected chi connectivity index (χ0v) is 18.8. The molecule has 0 aromatic carbocycles. The van der Waals surface area contributed by atoms with Crippen LogP contribution in [0.2, 0.25) is 0 Å². The Morgan fingerprint density at radius 1 is 1.21 bits per heavy atom. The minimum absolute atomic E-state index is 0.000949. The second-order valence-corrected chi connectivity index (χ2v) is 11.8. The highest BCUT2D eigenvalue weighted by molar-refractivity contribution is 7.89. The van der Waals surface area contributed by atoms with E-state index in [2.05, 4.69) is 6.92 Å². The zero-order chi connectivity index (χ0) is 21.3. The van der Waals surface area contributed by atoms with Crippen molar-refractivity contribution in [2.75, 3.05) is 13.2 Å². The summed E-state index contributed by atoms with van der Waals surface area (Å²) in [6.45, 7) is 6.73. The number of hydrogen-bond acceptors (Lipinski definition) is 5. The van der Waals surface area contributed by atoms with Gasteiger partial charge in [-0.25, -0.2) is 8.42 Å². The number of amides is 1. The second-order valence-electron chi connectivity index (χ2n) is 9.66. The molecule has 168 valence electrons. The lowest BCUT2D eigenvalue weighted by atomic mass is 9.78. The van der Waals surface area contributed by atoms with Gasteiger partial charge in [-0.1, -0.05) is 27.2 Å². The van der Waals surface area contributed by atoms with Crippen LogP contribution in [-0.2, 0) is 19.6 Å². The summed E-state index contributed by atoms with van der Waals surface area (Å²) in [7, 11) is -3.50. The lowest BCUT2D eigenvalue weighted by Crippen LogP contribution is -2.60. The quantitative estimate of drug-likeness (QED) is 0.669. The average molecular weight is 431 g/mol. The van der Waals surface area contributed by atoms with E-state index in [1.165, 1.54) is 0 Å². The number of carbonyl (C=O) groups is 1. The Labute approximate surface area is 175 Å². The molecule has 8 unspecified atom stereocenters. The molecule has 0 bridgehead atoms. The number of fused-ring (bicyclic) bond motifs is 1. The lowest BCUT2D eigenvalue weighted by Gasteiger charge is -2.48. The van der Waals surface area contributed by atoms with E-state index in [1.807, 2.05) is 6.92 Å². The molecule has 3 N–H and O–H groups in total. The molecule has 29 heavy (non-hydrogen) atoms. The fourth-order valence-electron chi connectivity index (χ4n) is 5.66. The van der Waals surface area contributed by atoms with Gasteiger partial charge in [-0.05, 0) is 56.3 Å².